The van der Waals surface area contributed by atoms with Gasteiger partial charge in [-0.2, -0.15) is 0 Å². The van der Waals surface area contributed by atoms with Gasteiger partial charge in [-0.05, 0) is 31.4 Å². The Balaban J connectivity index is 2.94. The van der Waals surface area contributed by atoms with Gasteiger partial charge in [0.2, 0.25) is 0 Å². The molecule has 0 heterocycles. The fraction of sp³-hybridized carbons (Fsp3) is 0.333. The zero-order chi connectivity index (χ0) is 9.90. The summed E-state index contributed by atoms with van der Waals surface area (Å²) in [5, 5.41) is 0. The average molecular weight is 175 g/mol. The molecule has 13 heavy (non-hydrogen) atoms. The molecule has 0 aliphatic heterocycles. The maximum atomic E-state index is 5.96. The first-order valence-electron chi connectivity index (χ1n) is 4.52. The number of hydrogen-bond donors (Lipinski definition) is 1. The third kappa shape index (κ3) is 3.03. The van der Waals surface area contributed by atoms with Crippen molar-refractivity contribution in [1.82, 2.24) is 0 Å². The molecule has 0 saturated heterocycles. The molecular formula is C12H17N. The summed E-state index contributed by atoms with van der Waals surface area (Å²) in [7, 11) is 0. The number of nitrogens with two attached hydrogens (primary N) is 1. The lowest BCUT2D eigenvalue weighted by atomic mass is 9.93. The standard InChI is InChI=1S/C12H17N/c1-4-10-7-5-6-8-11(10)9-12(2,3)13/h4-8H,1,9,13H2,2-3H3. The maximum Gasteiger partial charge on any atom is 0.0138 e. The molecule has 1 aromatic carbocycles. The Morgan fingerprint density at radius 3 is 2.54 bits per heavy atom. The summed E-state index contributed by atoms with van der Waals surface area (Å²) in [6, 6.07) is 8.22. The van der Waals surface area contributed by atoms with E-state index in [1.54, 1.807) is 0 Å². The van der Waals surface area contributed by atoms with Gasteiger partial charge in [0.25, 0.3) is 0 Å². The Labute approximate surface area is 80.3 Å². The molecule has 0 bridgehead atoms. The van der Waals surface area contributed by atoms with Gasteiger partial charge in [-0.15, -0.1) is 0 Å². The molecule has 1 nitrogen and oxygen atoms in total. The quantitative estimate of drug-likeness (QED) is 0.750. The minimum atomic E-state index is -0.154. The fourth-order valence-corrected chi connectivity index (χ4v) is 1.39. The zero-order valence-electron chi connectivity index (χ0n) is 8.38. The van der Waals surface area contributed by atoms with Crippen molar-refractivity contribution in [3.05, 3.63) is 42.0 Å². The molecular weight excluding hydrogens is 158 g/mol. The van der Waals surface area contributed by atoms with Crippen LogP contribution in [0.25, 0.3) is 6.08 Å². The van der Waals surface area contributed by atoms with E-state index in [4.69, 9.17) is 5.73 Å². The van der Waals surface area contributed by atoms with E-state index in [2.05, 4.69) is 18.7 Å². The van der Waals surface area contributed by atoms with Crippen LogP contribution in [-0.4, -0.2) is 5.54 Å². The molecule has 0 saturated carbocycles. The first kappa shape index (κ1) is 10.0. The highest BCUT2D eigenvalue weighted by atomic mass is 14.7. The van der Waals surface area contributed by atoms with Crippen molar-refractivity contribution in [1.29, 1.82) is 0 Å². The van der Waals surface area contributed by atoms with Crippen LogP contribution in [0, 0.1) is 0 Å². The van der Waals surface area contributed by atoms with E-state index in [-0.39, 0.29) is 5.54 Å². The second kappa shape index (κ2) is 3.75. The molecule has 0 unspecified atom stereocenters. The van der Waals surface area contributed by atoms with Gasteiger partial charge in [0.15, 0.2) is 0 Å². The summed E-state index contributed by atoms with van der Waals surface area (Å²) in [6.07, 6.45) is 2.76. The van der Waals surface area contributed by atoms with Crippen molar-refractivity contribution in [3.63, 3.8) is 0 Å². The largest absolute Gasteiger partial charge is 0.325 e. The van der Waals surface area contributed by atoms with Gasteiger partial charge in [0.1, 0.15) is 0 Å². The van der Waals surface area contributed by atoms with Gasteiger partial charge in [0, 0.05) is 5.54 Å². The van der Waals surface area contributed by atoms with Crippen LogP contribution in [-0.2, 0) is 6.42 Å². The van der Waals surface area contributed by atoms with Gasteiger partial charge in [0.05, 0.1) is 0 Å². The van der Waals surface area contributed by atoms with Crippen molar-refractivity contribution in [2.24, 2.45) is 5.73 Å². The van der Waals surface area contributed by atoms with Gasteiger partial charge < -0.3 is 5.73 Å². The third-order valence-electron chi connectivity index (χ3n) is 1.92. The highest BCUT2D eigenvalue weighted by Gasteiger charge is 2.12. The average Bonchev–Trinajstić information content (AvgIpc) is 2.02. The molecule has 0 aliphatic carbocycles. The van der Waals surface area contributed by atoms with Crippen LogP contribution >= 0.6 is 0 Å². The second-order valence-electron chi connectivity index (χ2n) is 4.07. The lowest BCUT2D eigenvalue weighted by Gasteiger charge is -2.19. The molecule has 0 spiro atoms. The molecule has 0 atom stereocenters. The predicted octanol–water partition coefficient (Wildman–Crippen LogP) is 2.61. The van der Waals surface area contributed by atoms with Gasteiger partial charge in [-0.25, -0.2) is 0 Å². The Morgan fingerprint density at radius 2 is 2.00 bits per heavy atom. The van der Waals surface area contributed by atoms with Crippen molar-refractivity contribution < 1.29 is 0 Å². The summed E-state index contributed by atoms with van der Waals surface area (Å²) in [4.78, 5) is 0. The SMILES string of the molecule is C=Cc1ccccc1CC(C)(C)N. The van der Waals surface area contributed by atoms with Crippen LogP contribution in [0.5, 0.6) is 0 Å². The van der Waals surface area contributed by atoms with Crippen molar-refractivity contribution in [3.8, 4) is 0 Å². The van der Waals surface area contributed by atoms with Crippen molar-refractivity contribution in [2.45, 2.75) is 25.8 Å². The molecule has 1 aromatic rings. The Bertz CT molecular complexity index is 294. The predicted molar refractivity (Wildman–Crippen MR) is 58.5 cm³/mol. The van der Waals surface area contributed by atoms with E-state index in [1.807, 2.05) is 32.1 Å². The molecule has 0 fully saturated rings. The molecule has 0 radical (unpaired) electrons. The molecule has 1 heteroatoms. The van der Waals surface area contributed by atoms with Crippen LogP contribution in [0.3, 0.4) is 0 Å². The molecule has 0 aromatic heterocycles. The maximum absolute atomic E-state index is 5.96. The smallest absolute Gasteiger partial charge is 0.0138 e. The summed E-state index contributed by atoms with van der Waals surface area (Å²) < 4.78 is 0. The Hall–Kier alpha value is -1.08. The van der Waals surface area contributed by atoms with Gasteiger partial charge in [-0.1, -0.05) is 36.9 Å². The Morgan fingerprint density at radius 1 is 1.38 bits per heavy atom. The Kier molecular flexibility index (Phi) is 2.89. The van der Waals surface area contributed by atoms with Gasteiger partial charge in [-0.3, -0.25) is 0 Å². The van der Waals surface area contributed by atoms with E-state index in [0.717, 1.165) is 6.42 Å². The first-order chi connectivity index (χ1) is 6.03. The van der Waals surface area contributed by atoms with Crippen LogP contribution in [0.1, 0.15) is 25.0 Å². The summed E-state index contributed by atoms with van der Waals surface area (Å²) in [6.45, 7) is 7.85. The van der Waals surface area contributed by atoms with Crippen LogP contribution < -0.4 is 5.73 Å². The summed E-state index contributed by atoms with van der Waals surface area (Å²) in [5.74, 6) is 0. The van der Waals surface area contributed by atoms with Gasteiger partial charge >= 0.3 is 0 Å². The fourth-order valence-electron chi connectivity index (χ4n) is 1.39. The highest BCUT2D eigenvalue weighted by Crippen LogP contribution is 2.15. The molecule has 0 amide bonds. The molecule has 70 valence electrons. The van der Waals surface area contributed by atoms with E-state index in [0.29, 0.717) is 0 Å². The lowest BCUT2D eigenvalue weighted by molar-refractivity contribution is 0.516. The van der Waals surface area contributed by atoms with Crippen LogP contribution in [0.2, 0.25) is 0 Å². The minimum Gasteiger partial charge on any atom is -0.325 e. The lowest BCUT2D eigenvalue weighted by Crippen LogP contribution is -2.34. The molecule has 2 N–H and O–H groups in total. The van der Waals surface area contributed by atoms with E-state index < -0.39 is 0 Å². The van der Waals surface area contributed by atoms with E-state index in [9.17, 15) is 0 Å². The van der Waals surface area contributed by atoms with Crippen molar-refractivity contribution in [2.75, 3.05) is 0 Å². The summed E-state index contributed by atoms with van der Waals surface area (Å²) in [5.41, 5.74) is 8.25. The van der Waals surface area contributed by atoms with Crippen LogP contribution in [0.4, 0.5) is 0 Å². The monoisotopic (exact) mass is 175 g/mol. The first-order valence-corrected chi connectivity index (χ1v) is 4.52. The normalized spacial score (nSPS) is 11.3. The second-order valence-corrected chi connectivity index (χ2v) is 4.07. The van der Waals surface area contributed by atoms with Crippen LogP contribution in [0.15, 0.2) is 30.8 Å². The third-order valence-corrected chi connectivity index (χ3v) is 1.92. The number of hydrogen-bond acceptors (Lipinski definition) is 1. The molecule has 1 rings (SSSR count). The summed E-state index contributed by atoms with van der Waals surface area (Å²) >= 11 is 0. The minimum absolute atomic E-state index is 0.154. The molecule has 0 aliphatic rings. The topological polar surface area (TPSA) is 26.0 Å². The zero-order valence-corrected chi connectivity index (χ0v) is 8.38. The van der Waals surface area contributed by atoms with E-state index in [1.165, 1.54) is 11.1 Å². The highest BCUT2D eigenvalue weighted by molar-refractivity contribution is 5.52. The van der Waals surface area contributed by atoms with E-state index >= 15 is 0 Å². The number of rotatable bonds is 3. The number of benzene rings is 1. The van der Waals surface area contributed by atoms with Crippen molar-refractivity contribution >= 4 is 6.08 Å².